The van der Waals surface area contributed by atoms with Crippen molar-refractivity contribution < 1.29 is 8.42 Å². The molecule has 1 aliphatic carbocycles. The number of nitrogens with one attached hydrogen (secondary N) is 2. The molecule has 112 valence electrons. The minimum absolute atomic E-state index is 0.404. The molecule has 0 spiro atoms. The molecule has 2 rings (SSSR count). The molecule has 0 radical (unpaired) electrons. The van der Waals surface area contributed by atoms with Crippen molar-refractivity contribution in [2.45, 2.75) is 32.1 Å². The summed E-state index contributed by atoms with van der Waals surface area (Å²) in [7, 11) is -3.12. The number of aromatic nitrogens is 2. The molecule has 4 N–H and O–H groups in total. The molecule has 8 heteroatoms. The van der Waals surface area contributed by atoms with Gasteiger partial charge in [-0.1, -0.05) is 0 Å². The Kier molecular flexibility index (Phi) is 4.44. The van der Waals surface area contributed by atoms with Crippen molar-refractivity contribution >= 4 is 21.7 Å². The van der Waals surface area contributed by atoms with Gasteiger partial charge in [0.15, 0.2) is 0 Å². The summed E-state index contributed by atoms with van der Waals surface area (Å²) in [5.74, 6) is 2.52. The Bertz CT molecular complexity index is 584. The zero-order valence-electron chi connectivity index (χ0n) is 11.8. The first-order chi connectivity index (χ1) is 9.37. The van der Waals surface area contributed by atoms with Gasteiger partial charge < -0.3 is 11.1 Å². The van der Waals surface area contributed by atoms with E-state index in [1.165, 1.54) is 0 Å². The molecule has 1 aromatic heterocycles. The lowest BCUT2D eigenvalue weighted by Gasteiger charge is -2.11. The first-order valence-electron chi connectivity index (χ1n) is 6.69. The Labute approximate surface area is 119 Å². The maximum absolute atomic E-state index is 10.9. The van der Waals surface area contributed by atoms with E-state index < -0.39 is 10.0 Å². The molecule has 0 aromatic carbocycles. The van der Waals surface area contributed by atoms with E-state index in [4.69, 9.17) is 5.73 Å². The van der Waals surface area contributed by atoms with Gasteiger partial charge in [-0.2, -0.15) is 0 Å². The highest BCUT2D eigenvalue weighted by Gasteiger charge is 2.27. The zero-order valence-corrected chi connectivity index (χ0v) is 12.6. The smallest absolute Gasteiger partial charge is 0.208 e. The molecular weight excluding hydrogens is 278 g/mol. The predicted molar refractivity (Wildman–Crippen MR) is 79.1 cm³/mol. The lowest BCUT2D eigenvalue weighted by atomic mass is 10.2. The summed E-state index contributed by atoms with van der Waals surface area (Å²) in [6.07, 6.45) is 4.08. The van der Waals surface area contributed by atoms with Gasteiger partial charge in [-0.25, -0.2) is 23.1 Å². The summed E-state index contributed by atoms with van der Waals surface area (Å²) in [4.78, 5) is 8.81. The van der Waals surface area contributed by atoms with Gasteiger partial charge in [0.05, 0.1) is 6.26 Å². The molecule has 1 aromatic rings. The number of nitrogens with two attached hydrogens (primary N) is 1. The summed E-state index contributed by atoms with van der Waals surface area (Å²) in [6, 6.07) is 0. The number of hydrogen-bond donors (Lipinski definition) is 3. The fourth-order valence-corrected chi connectivity index (χ4v) is 2.32. The van der Waals surface area contributed by atoms with E-state index in [0.29, 0.717) is 31.2 Å². The van der Waals surface area contributed by atoms with E-state index in [-0.39, 0.29) is 0 Å². The fourth-order valence-electron chi connectivity index (χ4n) is 1.80. The average Bonchev–Trinajstić information content (AvgIpc) is 3.16. The molecule has 0 bridgehead atoms. The van der Waals surface area contributed by atoms with Crippen molar-refractivity contribution in [1.29, 1.82) is 0 Å². The van der Waals surface area contributed by atoms with Crippen LogP contribution in [0.25, 0.3) is 0 Å². The highest BCUT2D eigenvalue weighted by atomic mass is 32.2. The Morgan fingerprint density at radius 1 is 1.30 bits per heavy atom. The summed E-state index contributed by atoms with van der Waals surface area (Å²) in [5, 5.41) is 3.20. The Morgan fingerprint density at radius 3 is 2.60 bits per heavy atom. The lowest BCUT2D eigenvalue weighted by molar-refractivity contribution is 0.586. The molecule has 1 saturated carbocycles. The van der Waals surface area contributed by atoms with E-state index in [0.717, 1.165) is 36.3 Å². The third kappa shape index (κ3) is 4.31. The monoisotopic (exact) mass is 299 g/mol. The van der Waals surface area contributed by atoms with Crippen molar-refractivity contribution in [2.75, 3.05) is 30.4 Å². The standard InChI is InChI=1S/C12H21N5O2S/c1-8-10(13)16-12(9-4-5-9)17-11(8)14-6-3-7-15-20(2,18)19/h9,15H,3-7H2,1-2H3,(H3,13,14,16,17). The molecule has 1 fully saturated rings. The third-order valence-electron chi connectivity index (χ3n) is 3.15. The van der Waals surface area contributed by atoms with Gasteiger partial charge in [-0.15, -0.1) is 0 Å². The molecule has 0 aliphatic heterocycles. The molecule has 1 aliphatic rings. The Hall–Kier alpha value is -1.41. The van der Waals surface area contributed by atoms with Crippen LogP contribution in [0.15, 0.2) is 0 Å². The molecule has 0 amide bonds. The second kappa shape index (κ2) is 5.92. The van der Waals surface area contributed by atoms with Gasteiger partial charge in [-0.05, 0) is 26.2 Å². The van der Waals surface area contributed by atoms with Crippen LogP contribution in [0.1, 0.15) is 36.6 Å². The van der Waals surface area contributed by atoms with Crippen LogP contribution in [0.5, 0.6) is 0 Å². The van der Waals surface area contributed by atoms with Gasteiger partial charge in [0.1, 0.15) is 17.5 Å². The van der Waals surface area contributed by atoms with Crippen molar-refractivity contribution in [3.8, 4) is 0 Å². The first-order valence-corrected chi connectivity index (χ1v) is 8.58. The summed E-state index contributed by atoms with van der Waals surface area (Å²) in [6.45, 7) is 2.91. The van der Waals surface area contributed by atoms with Crippen molar-refractivity contribution in [1.82, 2.24) is 14.7 Å². The van der Waals surface area contributed by atoms with Crippen LogP contribution < -0.4 is 15.8 Å². The quantitative estimate of drug-likeness (QED) is 0.636. The van der Waals surface area contributed by atoms with Crippen LogP contribution in [-0.4, -0.2) is 37.7 Å². The molecule has 1 heterocycles. The third-order valence-corrected chi connectivity index (χ3v) is 3.88. The number of rotatable bonds is 7. The van der Waals surface area contributed by atoms with E-state index in [2.05, 4.69) is 20.0 Å². The minimum Gasteiger partial charge on any atom is -0.383 e. The normalized spacial score (nSPS) is 15.3. The van der Waals surface area contributed by atoms with Gasteiger partial charge in [0, 0.05) is 24.6 Å². The SMILES string of the molecule is Cc1c(N)nc(C2CC2)nc1NCCCNS(C)(=O)=O. The predicted octanol–water partition coefficient (Wildman–Crippen LogP) is 0.596. The highest BCUT2D eigenvalue weighted by Crippen LogP contribution is 2.39. The fraction of sp³-hybridized carbons (Fsp3) is 0.667. The van der Waals surface area contributed by atoms with Crippen LogP contribution in [0.2, 0.25) is 0 Å². The van der Waals surface area contributed by atoms with Crippen LogP contribution in [0.3, 0.4) is 0 Å². The largest absolute Gasteiger partial charge is 0.383 e. The molecule has 0 atom stereocenters. The molecular formula is C12H21N5O2S. The topological polar surface area (TPSA) is 110 Å². The number of sulfonamides is 1. The van der Waals surface area contributed by atoms with E-state index in [1.807, 2.05) is 6.92 Å². The summed E-state index contributed by atoms with van der Waals surface area (Å²) in [5.41, 5.74) is 6.73. The molecule has 0 unspecified atom stereocenters. The van der Waals surface area contributed by atoms with E-state index in [9.17, 15) is 8.42 Å². The molecule has 7 nitrogen and oxygen atoms in total. The van der Waals surface area contributed by atoms with Crippen molar-refractivity contribution in [2.24, 2.45) is 0 Å². The Balaban J connectivity index is 1.89. The number of anilines is 2. The first kappa shape index (κ1) is 15.0. The lowest BCUT2D eigenvalue weighted by Crippen LogP contribution is -2.24. The summed E-state index contributed by atoms with van der Waals surface area (Å²) >= 11 is 0. The second-order valence-electron chi connectivity index (χ2n) is 5.16. The van der Waals surface area contributed by atoms with Crippen LogP contribution in [-0.2, 0) is 10.0 Å². The van der Waals surface area contributed by atoms with Gasteiger partial charge >= 0.3 is 0 Å². The maximum Gasteiger partial charge on any atom is 0.208 e. The van der Waals surface area contributed by atoms with E-state index in [1.54, 1.807) is 0 Å². The Morgan fingerprint density at radius 2 is 2.00 bits per heavy atom. The van der Waals surface area contributed by atoms with Crippen LogP contribution in [0, 0.1) is 6.92 Å². The van der Waals surface area contributed by atoms with Crippen LogP contribution in [0.4, 0.5) is 11.6 Å². The minimum atomic E-state index is -3.12. The number of hydrogen-bond acceptors (Lipinski definition) is 6. The van der Waals surface area contributed by atoms with E-state index >= 15 is 0 Å². The molecule has 0 saturated heterocycles. The second-order valence-corrected chi connectivity index (χ2v) is 6.99. The summed E-state index contributed by atoms with van der Waals surface area (Å²) < 4.78 is 24.3. The maximum atomic E-state index is 10.9. The van der Waals surface area contributed by atoms with Gasteiger partial charge in [0.2, 0.25) is 10.0 Å². The van der Waals surface area contributed by atoms with Crippen molar-refractivity contribution in [3.63, 3.8) is 0 Å². The van der Waals surface area contributed by atoms with Gasteiger partial charge in [0.25, 0.3) is 0 Å². The molecule has 20 heavy (non-hydrogen) atoms. The number of nitrogens with zero attached hydrogens (tertiary/aromatic N) is 2. The number of nitrogen functional groups attached to an aromatic ring is 1. The average molecular weight is 299 g/mol. The van der Waals surface area contributed by atoms with Crippen LogP contribution >= 0.6 is 0 Å². The van der Waals surface area contributed by atoms with Crippen molar-refractivity contribution in [3.05, 3.63) is 11.4 Å². The highest BCUT2D eigenvalue weighted by molar-refractivity contribution is 7.88. The van der Waals surface area contributed by atoms with Gasteiger partial charge in [-0.3, -0.25) is 0 Å². The zero-order chi connectivity index (χ0) is 14.8.